The summed E-state index contributed by atoms with van der Waals surface area (Å²) >= 11 is 0. The van der Waals surface area contributed by atoms with Crippen molar-refractivity contribution in [2.75, 3.05) is 32.8 Å². The van der Waals surface area contributed by atoms with Gasteiger partial charge in [0.25, 0.3) is 0 Å². The molecule has 120 valence electrons. The molecular weight excluding hydrogens is 240 g/mol. The largest absolute Gasteiger partial charge is 0.396 e. The van der Waals surface area contributed by atoms with Crippen LogP contribution in [0.5, 0.6) is 0 Å². The SMILES string of the molecule is CCCNCCCNCCC(=O)CCCCCCO.[HH].[HH].[HH]. The van der Waals surface area contributed by atoms with Gasteiger partial charge in [-0.1, -0.05) is 19.8 Å². The molecule has 0 fully saturated rings. The van der Waals surface area contributed by atoms with E-state index in [2.05, 4.69) is 17.6 Å². The summed E-state index contributed by atoms with van der Waals surface area (Å²) in [7, 11) is 0. The quantitative estimate of drug-likeness (QED) is 0.403. The third-order valence-electron chi connectivity index (χ3n) is 3.08. The van der Waals surface area contributed by atoms with Gasteiger partial charge >= 0.3 is 0 Å². The normalized spacial score (nSPS) is 10.8. The number of unbranched alkanes of at least 4 members (excludes halogenated alkanes) is 3. The van der Waals surface area contributed by atoms with Gasteiger partial charge in [-0.25, -0.2) is 0 Å². The first kappa shape index (κ1) is 18.6. The third-order valence-corrected chi connectivity index (χ3v) is 3.08. The maximum absolute atomic E-state index is 11.5. The molecule has 0 aliphatic rings. The van der Waals surface area contributed by atoms with Crippen LogP contribution < -0.4 is 10.6 Å². The highest BCUT2D eigenvalue weighted by Gasteiger charge is 2.01. The van der Waals surface area contributed by atoms with E-state index in [0.717, 1.165) is 58.3 Å². The highest BCUT2D eigenvalue weighted by molar-refractivity contribution is 5.78. The lowest BCUT2D eigenvalue weighted by Gasteiger charge is -2.05. The van der Waals surface area contributed by atoms with Crippen LogP contribution >= 0.6 is 0 Å². The zero-order valence-corrected chi connectivity index (χ0v) is 12.5. The summed E-state index contributed by atoms with van der Waals surface area (Å²) in [6.07, 6.45) is 7.58. The second-order valence-electron chi connectivity index (χ2n) is 5.03. The molecule has 4 nitrogen and oxygen atoms in total. The lowest BCUT2D eigenvalue weighted by atomic mass is 10.1. The van der Waals surface area contributed by atoms with Gasteiger partial charge in [0.05, 0.1) is 0 Å². The topological polar surface area (TPSA) is 61.4 Å². The summed E-state index contributed by atoms with van der Waals surface area (Å²) in [5.41, 5.74) is 0. The van der Waals surface area contributed by atoms with Crippen molar-refractivity contribution in [3.8, 4) is 0 Å². The standard InChI is InChI=1S/C15H32N2O2.3H2/c1-2-10-16-11-7-12-17-13-9-15(19)8-5-3-4-6-14-18;;;/h16-18H,2-14H2,1H3;3*1H. The number of ketones is 1. The van der Waals surface area contributed by atoms with E-state index in [1.807, 2.05) is 0 Å². The Bertz CT molecular complexity index is 211. The van der Waals surface area contributed by atoms with Gasteiger partial charge in [-0.05, 0) is 45.3 Å². The van der Waals surface area contributed by atoms with Crippen LogP contribution in [0.3, 0.4) is 0 Å². The molecule has 0 aliphatic carbocycles. The van der Waals surface area contributed by atoms with E-state index in [9.17, 15) is 4.79 Å². The summed E-state index contributed by atoms with van der Waals surface area (Å²) < 4.78 is 0. The highest BCUT2D eigenvalue weighted by Crippen LogP contribution is 2.04. The zero-order chi connectivity index (χ0) is 14.2. The Kier molecular flexibility index (Phi) is 15.2. The van der Waals surface area contributed by atoms with Crippen LogP contribution in [0.2, 0.25) is 0 Å². The van der Waals surface area contributed by atoms with Crippen LogP contribution in [0, 0.1) is 0 Å². The number of aliphatic hydroxyl groups excluding tert-OH is 1. The van der Waals surface area contributed by atoms with Crippen LogP contribution in [0.25, 0.3) is 0 Å². The van der Waals surface area contributed by atoms with Crippen molar-refractivity contribution in [2.45, 2.75) is 58.3 Å². The number of carbonyl (C=O) groups is 1. The van der Waals surface area contributed by atoms with Crippen molar-refractivity contribution >= 4 is 5.78 Å². The van der Waals surface area contributed by atoms with E-state index in [1.165, 1.54) is 6.42 Å². The Balaban J connectivity index is -0.000000540. The summed E-state index contributed by atoms with van der Waals surface area (Å²) in [5, 5.41) is 15.3. The fraction of sp³-hybridized carbons (Fsp3) is 0.933. The van der Waals surface area contributed by atoms with Crippen LogP contribution in [0.4, 0.5) is 0 Å². The van der Waals surface area contributed by atoms with E-state index in [1.54, 1.807) is 0 Å². The first-order valence-electron chi connectivity index (χ1n) is 7.85. The molecular formula is C15H38N2O2. The maximum atomic E-state index is 11.5. The fourth-order valence-corrected chi connectivity index (χ4v) is 1.91. The molecule has 0 atom stereocenters. The number of nitrogens with one attached hydrogen (secondary N) is 2. The van der Waals surface area contributed by atoms with E-state index in [4.69, 9.17) is 5.11 Å². The van der Waals surface area contributed by atoms with Crippen molar-refractivity contribution in [1.29, 1.82) is 0 Å². The van der Waals surface area contributed by atoms with Crippen molar-refractivity contribution < 1.29 is 14.2 Å². The second-order valence-corrected chi connectivity index (χ2v) is 5.03. The van der Waals surface area contributed by atoms with E-state index in [-0.39, 0.29) is 10.9 Å². The van der Waals surface area contributed by atoms with Gasteiger partial charge in [-0.2, -0.15) is 0 Å². The average molecular weight is 278 g/mol. The molecule has 0 saturated carbocycles. The van der Waals surface area contributed by atoms with Crippen molar-refractivity contribution in [3.63, 3.8) is 0 Å². The van der Waals surface area contributed by atoms with Gasteiger partial charge in [0.15, 0.2) is 0 Å². The Morgan fingerprint density at radius 2 is 1.58 bits per heavy atom. The summed E-state index contributed by atoms with van der Waals surface area (Å²) in [6.45, 7) is 6.38. The molecule has 0 aromatic rings. The second kappa shape index (κ2) is 15.6. The predicted molar refractivity (Wildman–Crippen MR) is 86.8 cm³/mol. The number of Topliss-reactive ketones (excluding diaryl/α,β-unsaturated/α-hetero) is 1. The van der Waals surface area contributed by atoms with Crippen molar-refractivity contribution in [1.82, 2.24) is 10.6 Å². The minimum absolute atomic E-state index is 0. The molecule has 0 saturated heterocycles. The van der Waals surface area contributed by atoms with Crippen molar-refractivity contribution in [2.24, 2.45) is 0 Å². The van der Waals surface area contributed by atoms with Crippen LogP contribution in [-0.4, -0.2) is 43.7 Å². The molecule has 4 heteroatoms. The van der Waals surface area contributed by atoms with Gasteiger partial charge in [-0.15, -0.1) is 0 Å². The number of aliphatic hydroxyl groups is 1. The molecule has 0 spiro atoms. The summed E-state index contributed by atoms with van der Waals surface area (Å²) in [4.78, 5) is 11.5. The zero-order valence-electron chi connectivity index (χ0n) is 12.5. The third kappa shape index (κ3) is 15.5. The number of hydrogen-bond donors (Lipinski definition) is 3. The Labute approximate surface area is 122 Å². The molecule has 0 aliphatic heterocycles. The number of hydrogen-bond acceptors (Lipinski definition) is 4. The molecule has 0 rings (SSSR count). The molecule has 0 aromatic carbocycles. The predicted octanol–water partition coefficient (Wildman–Crippen LogP) is 2.61. The van der Waals surface area contributed by atoms with Crippen molar-refractivity contribution in [3.05, 3.63) is 0 Å². The Morgan fingerprint density at radius 3 is 2.26 bits per heavy atom. The molecule has 0 unspecified atom stereocenters. The van der Waals surface area contributed by atoms with E-state index < -0.39 is 0 Å². The lowest BCUT2D eigenvalue weighted by molar-refractivity contribution is -0.119. The maximum Gasteiger partial charge on any atom is 0.134 e. The first-order chi connectivity index (χ1) is 9.31. The Morgan fingerprint density at radius 1 is 0.895 bits per heavy atom. The minimum atomic E-state index is 0. The fourth-order valence-electron chi connectivity index (χ4n) is 1.91. The molecule has 3 N–H and O–H groups in total. The highest BCUT2D eigenvalue weighted by atomic mass is 16.2. The van der Waals surface area contributed by atoms with E-state index >= 15 is 0 Å². The van der Waals surface area contributed by atoms with Crippen LogP contribution in [0.1, 0.15) is 62.6 Å². The summed E-state index contributed by atoms with van der Waals surface area (Å²) in [5.74, 6) is 0.362. The molecule has 0 bridgehead atoms. The Hall–Kier alpha value is -0.450. The number of rotatable bonds is 15. The molecule has 0 amide bonds. The van der Waals surface area contributed by atoms with Crippen LogP contribution in [-0.2, 0) is 4.79 Å². The van der Waals surface area contributed by atoms with E-state index in [0.29, 0.717) is 18.6 Å². The van der Waals surface area contributed by atoms with Gasteiger partial charge in [-0.3, -0.25) is 4.79 Å². The molecule has 0 heterocycles. The first-order valence-corrected chi connectivity index (χ1v) is 7.85. The smallest absolute Gasteiger partial charge is 0.134 e. The number of carbonyl (C=O) groups excluding carboxylic acids is 1. The van der Waals surface area contributed by atoms with Crippen LogP contribution in [0.15, 0.2) is 0 Å². The van der Waals surface area contributed by atoms with Gasteiger partial charge in [0, 0.05) is 30.3 Å². The molecule has 0 radical (unpaired) electrons. The molecule has 0 aromatic heterocycles. The van der Waals surface area contributed by atoms with Gasteiger partial charge < -0.3 is 15.7 Å². The lowest BCUT2D eigenvalue weighted by Crippen LogP contribution is -2.24. The van der Waals surface area contributed by atoms with Gasteiger partial charge in [0.1, 0.15) is 5.78 Å². The molecule has 19 heavy (non-hydrogen) atoms. The summed E-state index contributed by atoms with van der Waals surface area (Å²) in [6, 6.07) is 0. The average Bonchev–Trinajstić information content (AvgIpc) is 2.41. The minimum Gasteiger partial charge on any atom is -0.396 e. The van der Waals surface area contributed by atoms with Gasteiger partial charge in [0.2, 0.25) is 0 Å². The monoisotopic (exact) mass is 278 g/mol.